The van der Waals surface area contributed by atoms with Crippen molar-refractivity contribution in [3.05, 3.63) is 49.0 Å². The zero-order chi connectivity index (χ0) is 15.6. The second-order valence-corrected chi connectivity index (χ2v) is 3.90. The third kappa shape index (κ3) is 2.99. The monoisotopic (exact) mass is 296 g/mol. The highest BCUT2D eigenvalue weighted by Gasteiger charge is 2.15. The molecule has 0 atom stereocenters. The van der Waals surface area contributed by atoms with Crippen molar-refractivity contribution in [1.82, 2.24) is 24.5 Å². The molecule has 0 unspecified atom stereocenters. The molecule has 0 bridgehead atoms. The zero-order valence-corrected chi connectivity index (χ0v) is 10.3. The van der Waals surface area contributed by atoms with Gasteiger partial charge >= 0.3 is 22.9 Å². The van der Waals surface area contributed by atoms with E-state index in [0.29, 0.717) is 0 Å². The van der Waals surface area contributed by atoms with Gasteiger partial charge < -0.3 is 5.11 Å². The summed E-state index contributed by atoms with van der Waals surface area (Å²) in [7, 11) is 0. The van der Waals surface area contributed by atoms with Gasteiger partial charge in [0.05, 0.1) is 23.9 Å². The number of hydrogen-bond donors (Lipinski definition) is 2. The van der Waals surface area contributed by atoms with Crippen LogP contribution in [0.5, 0.6) is 0 Å². The molecule has 2 aromatic heterocycles. The van der Waals surface area contributed by atoms with Crippen molar-refractivity contribution in [3.63, 3.8) is 0 Å². The van der Waals surface area contributed by atoms with Gasteiger partial charge in [0.25, 0.3) is 0 Å². The minimum atomic E-state index is -1.25. The lowest BCUT2D eigenvalue weighted by Crippen LogP contribution is -2.31. The maximum absolute atomic E-state index is 11.5. The molecule has 0 radical (unpaired) electrons. The van der Waals surface area contributed by atoms with E-state index in [9.17, 15) is 24.5 Å². The molecule has 0 saturated carbocycles. The highest BCUT2D eigenvalue weighted by Crippen LogP contribution is 1.99. The fourth-order valence-electron chi connectivity index (χ4n) is 1.51. The van der Waals surface area contributed by atoms with Crippen LogP contribution in [0.25, 0.3) is 0 Å². The molecule has 0 spiro atoms. The molecule has 12 heteroatoms. The van der Waals surface area contributed by atoms with Crippen molar-refractivity contribution < 1.29 is 14.8 Å². The molecule has 2 N–H and O–H groups in total. The Morgan fingerprint density at radius 1 is 1.38 bits per heavy atom. The first-order valence-corrected chi connectivity index (χ1v) is 5.50. The molecule has 21 heavy (non-hydrogen) atoms. The SMILES string of the molecule is O=C(O)c1cn(CCn2cc([N+](=O)[O-])c(=O)[nH]c2=O)nn1. The minimum Gasteiger partial charge on any atom is -0.476 e. The number of H-pyrrole nitrogens is 1. The molecule has 2 rings (SSSR count). The molecule has 0 amide bonds. The Labute approximate surface area is 114 Å². The molecule has 0 aromatic carbocycles. The summed E-state index contributed by atoms with van der Waals surface area (Å²) in [5, 5.41) is 26.2. The van der Waals surface area contributed by atoms with E-state index < -0.39 is 27.8 Å². The van der Waals surface area contributed by atoms with Crippen LogP contribution >= 0.6 is 0 Å². The second-order valence-electron chi connectivity index (χ2n) is 3.90. The molecule has 0 aliphatic rings. The molecule has 110 valence electrons. The molecule has 12 nitrogen and oxygen atoms in total. The van der Waals surface area contributed by atoms with Crippen molar-refractivity contribution in [2.75, 3.05) is 0 Å². The van der Waals surface area contributed by atoms with Gasteiger partial charge in [0.2, 0.25) is 0 Å². The van der Waals surface area contributed by atoms with Crippen molar-refractivity contribution in [2.45, 2.75) is 13.1 Å². The lowest BCUT2D eigenvalue weighted by Gasteiger charge is -2.04. The molecule has 2 aromatic rings. The van der Waals surface area contributed by atoms with Crippen LogP contribution in [0, 0.1) is 10.1 Å². The molecule has 0 aliphatic carbocycles. The van der Waals surface area contributed by atoms with Gasteiger partial charge in [-0.3, -0.25) is 24.5 Å². The normalized spacial score (nSPS) is 10.5. The number of nitrogens with one attached hydrogen (secondary N) is 1. The zero-order valence-electron chi connectivity index (χ0n) is 10.3. The van der Waals surface area contributed by atoms with Crippen LogP contribution in [-0.2, 0) is 13.1 Å². The predicted octanol–water partition coefficient (Wildman–Crippen LogP) is -1.57. The van der Waals surface area contributed by atoms with Gasteiger partial charge in [0.15, 0.2) is 5.69 Å². The highest BCUT2D eigenvalue weighted by molar-refractivity contribution is 5.84. The van der Waals surface area contributed by atoms with E-state index in [0.717, 1.165) is 21.6 Å². The fraction of sp³-hybridized carbons (Fsp3) is 0.222. The van der Waals surface area contributed by atoms with Crippen LogP contribution in [0.15, 0.2) is 22.0 Å². The van der Waals surface area contributed by atoms with E-state index in [4.69, 9.17) is 5.11 Å². The number of carboxylic acid groups (broad SMARTS) is 1. The molecule has 0 aliphatic heterocycles. The lowest BCUT2D eigenvalue weighted by atomic mass is 10.5. The predicted molar refractivity (Wildman–Crippen MR) is 65.0 cm³/mol. The Bertz CT molecular complexity index is 817. The van der Waals surface area contributed by atoms with E-state index >= 15 is 0 Å². The van der Waals surface area contributed by atoms with Crippen molar-refractivity contribution in [1.29, 1.82) is 0 Å². The smallest absolute Gasteiger partial charge is 0.358 e. The number of hydrogen-bond acceptors (Lipinski definition) is 7. The topological polar surface area (TPSA) is 166 Å². The number of rotatable bonds is 5. The van der Waals surface area contributed by atoms with Crippen molar-refractivity contribution in [2.24, 2.45) is 0 Å². The van der Waals surface area contributed by atoms with Gasteiger partial charge in [-0.2, -0.15) is 0 Å². The van der Waals surface area contributed by atoms with Crippen LogP contribution in [0.4, 0.5) is 5.69 Å². The Hall–Kier alpha value is -3.31. The van der Waals surface area contributed by atoms with Crippen molar-refractivity contribution in [3.8, 4) is 0 Å². The average Bonchev–Trinajstić information content (AvgIpc) is 2.86. The van der Waals surface area contributed by atoms with Crippen LogP contribution in [0.3, 0.4) is 0 Å². The summed E-state index contributed by atoms with van der Waals surface area (Å²) in [6, 6.07) is 0. The first-order chi connectivity index (χ1) is 9.88. The van der Waals surface area contributed by atoms with Gasteiger partial charge in [0, 0.05) is 6.54 Å². The van der Waals surface area contributed by atoms with E-state index in [1.807, 2.05) is 4.98 Å². The Morgan fingerprint density at radius 2 is 2.10 bits per heavy atom. The number of nitrogens with zero attached hydrogens (tertiary/aromatic N) is 5. The van der Waals surface area contributed by atoms with Crippen LogP contribution < -0.4 is 11.2 Å². The summed E-state index contributed by atoms with van der Waals surface area (Å²) in [4.78, 5) is 44.8. The Morgan fingerprint density at radius 3 is 2.67 bits per heavy atom. The van der Waals surface area contributed by atoms with Crippen LogP contribution in [0.1, 0.15) is 10.5 Å². The van der Waals surface area contributed by atoms with Gasteiger partial charge in [-0.15, -0.1) is 5.10 Å². The maximum atomic E-state index is 11.5. The number of aromatic amines is 1. The largest absolute Gasteiger partial charge is 0.476 e. The summed E-state index contributed by atoms with van der Waals surface area (Å²) in [5.74, 6) is -1.25. The average molecular weight is 296 g/mol. The summed E-state index contributed by atoms with van der Waals surface area (Å²) in [6.07, 6.45) is 1.96. The number of carboxylic acids is 1. The first kappa shape index (κ1) is 14.1. The summed E-state index contributed by atoms with van der Waals surface area (Å²) in [6.45, 7) is -0.0116. The summed E-state index contributed by atoms with van der Waals surface area (Å²) >= 11 is 0. The third-order valence-electron chi connectivity index (χ3n) is 2.52. The lowest BCUT2D eigenvalue weighted by molar-refractivity contribution is -0.386. The number of aromatic nitrogens is 5. The number of nitro groups is 1. The van der Waals surface area contributed by atoms with Crippen LogP contribution in [0.2, 0.25) is 0 Å². The minimum absolute atomic E-state index is 0.0450. The number of carbonyl (C=O) groups is 1. The molecule has 0 saturated heterocycles. The maximum Gasteiger partial charge on any atom is 0.358 e. The number of aryl methyl sites for hydroxylation is 2. The molecule has 2 heterocycles. The second kappa shape index (κ2) is 5.36. The fourth-order valence-corrected chi connectivity index (χ4v) is 1.51. The molecular formula is C9H8N6O6. The third-order valence-corrected chi connectivity index (χ3v) is 2.52. The number of aromatic carboxylic acids is 1. The summed E-state index contributed by atoms with van der Waals surface area (Å²) in [5.41, 5.74) is -2.94. The van der Waals surface area contributed by atoms with E-state index in [1.54, 1.807) is 0 Å². The Balaban J connectivity index is 2.21. The highest BCUT2D eigenvalue weighted by atomic mass is 16.6. The van der Waals surface area contributed by atoms with E-state index in [2.05, 4.69) is 10.3 Å². The summed E-state index contributed by atoms with van der Waals surface area (Å²) < 4.78 is 2.08. The standard InChI is InChI=1S/C9H8N6O6/c16-7-6(15(20)21)4-13(9(19)10-7)1-2-14-3-5(8(17)18)11-12-14/h3-4H,1-2H2,(H,17,18)(H,10,16,19). The Kier molecular flexibility index (Phi) is 3.60. The van der Waals surface area contributed by atoms with E-state index in [1.165, 1.54) is 0 Å². The molecular weight excluding hydrogens is 288 g/mol. The molecule has 0 fully saturated rings. The van der Waals surface area contributed by atoms with Crippen molar-refractivity contribution >= 4 is 11.7 Å². The van der Waals surface area contributed by atoms with Gasteiger partial charge in [-0.1, -0.05) is 5.21 Å². The quantitative estimate of drug-likeness (QED) is 0.493. The van der Waals surface area contributed by atoms with Gasteiger partial charge in [-0.25, -0.2) is 14.3 Å². The van der Waals surface area contributed by atoms with Gasteiger partial charge in [-0.05, 0) is 0 Å². The first-order valence-electron chi connectivity index (χ1n) is 5.50. The van der Waals surface area contributed by atoms with Gasteiger partial charge in [0.1, 0.15) is 0 Å². The van der Waals surface area contributed by atoms with Crippen LogP contribution in [-0.4, -0.2) is 40.5 Å². The van der Waals surface area contributed by atoms with E-state index in [-0.39, 0.29) is 18.8 Å².